The van der Waals surface area contributed by atoms with Crippen molar-refractivity contribution >= 4 is 11.6 Å². The highest BCUT2D eigenvalue weighted by Gasteiger charge is 2.22. The summed E-state index contributed by atoms with van der Waals surface area (Å²) in [5.41, 5.74) is 0. The Morgan fingerprint density at radius 3 is 3.00 bits per heavy atom. The summed E-state index contributed by atoms with van der Waals surface area (Å²) in [5, 5.41) is 0.0632. The number of benzene rings is 1. The SMILES string of the molecule is Fc1c(Cl)c[c]cc1OCC1CC1. The van der Waals surface area contributed by atoms with Crippen LogP contribution in [0.15, 0.2) is 12.1 Å². The number of rotatable bonds is 3. The van der Waals surface area contributed by atoms with Gasteiger partial charge in [0.1, 0.15) is 0 Å². The van der Waals surface area contributed by atoms with Gasteiger partial charge in [0, 0.05) is 0 Å². The molecule has 69 valence electrons. The maximum Gasteiger partial charge on any atom is 0.183 e. The predicted molar refractivity (Wildman–Crippen MR) is 48.5 cm³/mol. The Bertz CT molecular complexity index is 310. The van der Waals surface area contributed by atoms with Crippen LogP contribution in [-0.4, -0.2) is 6.61 Å². The Morgan fingerprint density at radius 2 is 2.31 bits per heavy atom. The second-order valence-electron chi connectivity index (χ2n) is 3.24. The molecule has 1 fully saturated rings. The third-order valence-electron chi connectivity index (χ3n) is 2.02. The maximum atomic E-state index is 13.2. The summed E-state index contributed by atoms with van der Waals surface area (Å²) in [6.07, 6.45) is 2.37. The highest BCUT2D eigenvalue weighted by atomic mass is 35.5. The van der Waals surface area contributed by atoms with Crippen molar-refractivity contribution in [2.45, 2.75) is 12.8 Å². The molecule has 1 aliphatic rings. The molecule has 1 aromatic carbocycles. The van der Waals surface area contributed by atoms with Crippen LogP contribution in [0, 0.1) is 17.8 Å². The summed E-state index contributed by atoms with van der Waals surface area (Å²) in [7, 11) is 0. The molecule has 0 saturated heterocycles. The summed E-state index contributed by atoms with van der Waals surface area (Å²) in [4.78, 5) is 0. The quantitative estimate of drug-likeness (QED) is 0.727. The van der Waals surface area contributed by atoms with Gasteiger partial charge in [-0.2, -0.15) is 0 Å². The monoisotopic (exact) mass is 199 g/mol. The van der Waals surface area contributed by atoms with Crippen molar-refractivity contribution in [1.82, 2.24) is 0 Å². The normalized spacial score (nSPS) is 15.8. The first-order chi connectivity index (χ1) is 6.27. The van der Waals surface area contributed by atoms with Crippen molar-refractivity contribution in [3.63, 3.8) is 0 Å². The van der Waals surface area contributed by atoms with E-state index >= 15 is 0 Å². The fourth-order valence-corrected chi connectivity index (χ4v) is 1.19. The van der Waals surface area contributed by atoms with Crippen LogP contribution in [-0.2, 0) is 0 Å². The third kappa shape index (κ3) is 2.13. The topological polar surface area (TPSA) is 9.23 Å². The lowest BCUT2D eigenvalue weighted by molar-refractivity contribution is 0.285. The van der Waals surface area contributed by atoms with Gasteiger partial charge in [-0.1, -0.05) is 11.6 Å². The van der Waals surface area contributed by atoms with E-state index in [1.54, 1.807) is 0 Å². The summed E-state index contributed by atoms with van der Waals surface area (Å²) >= 11 is 5.56. The van der Waals surface area contributed by atoms with Crippen molar-refractivity contribution in [3.05, 3.63) is 29.0 Å². The van der Waals surface area contributed by atoms with Crippen LogP contribution < -0.4 is 4.74 Å². The zero-order chi connectivity index (χ0) is 9.26. The van der Waals surface area contributed by atoms with Crippen LogP contribution in [0.4, 0.5) is 4.39 Å². The smallest absolute Gasteiger partial charge is 0.183 e. The van der Waals surface area contributed by atoms with E-state index in [1.807, 2.05) is 0 Å². The fraction of sp³-hybridized carbons (Fsp3) is 0.400. The van der Waals surface area contributed by atoms with Gasteiger partial charge in [-0.3, -0.25) is 0 Å². The highest BCUT2D eigenvalue weighted by Crippen LogP contribution is 2.31. The summed E-state index contributed by atoms with van der Waals surface area (Å²) < 4.78 is 18.4. The lowest BCUT2D eigenvalue weighted by Gasteiger charge is -2.06. The van der Waals surface area contributed by atoms with Crippen molar-refractivity contribution in [2.75, 3.05) is 6.61 Å². The molecule has 0 spiro atoms. The molecular weight excluding hydrogens is 191 g/mol. The number of hydrogen-bond donors (Lipinski definition) is 0. The molecule has 0 N–H and O–H groups in total. The molecular formula is C10H9ClFO. The fourth-order valence-electron chi connectivity index (χ4n) is 1.03. The van der Waals surface area contributed by atoms with Crippen LogP contribution in [0.2, 0.25) is 5.02 Å². The molecule has 1 aliphatic carbocycles. The molecule has 0 aliphatic heterocycles. The molecule has 0 atom stereocenters. The van der Waals surface area contributed by atoms with Gasteiger partial charge in [0.25, 0.3) is 0 Å². The minimum atomic E-state index is -0.485. The Morgan fingerprint density at radius 1 is 1.54 bits per heavy atom. The number of halogens is 2. The lowest BCUT2D eigenvalue weighted by Crippen LogP contribution is -2.00. The average molecular weight is 200 g/mol. The Kier molecular flexibility index (Phi) is 2.40. The van der Waals surface area contributed by atoms with Crippen molar-refractivity contribution in [3.8, 4) is 5.75 Å². The van der Waals surface area contributed by atoms with Gasteiger partial charge in [-0.25, -0.2) is 4.39 Å². The zero-order valence-electron chi connectivity index (χ0n) is 7.02. The van der Waals surface area contributed by atoms with Crippen molar-refractivity contribution < 1.29 is 9.13 Å². The van der Waals surface area contributed by atoms with E-state index in [4.69, 9.17) is 16.3 Å². The summed E-state index contributed by atoms with van der Waals surface area (Å²) in [6.45, 7) is 0.588. The minimum absolute atomic E-state index is 0.0632. The van der Waals surface area contributed by atoms with Crippen LogP contribution >= 0.6 is 11.6 Å². The molecule has 1 radical (unpaired) electrons. The van der Waals surface area contributed by atoms with Crippen LogP contribution in [0.5, 0.6) is 5.75 Å². The molecule has 0 bridgehead atoms. The first kappa shape index (κ1) is 8.82. The molecule has 1 saturated carbocycles. The minimum Gasteiger partial charge on any atom is -0.490 e. The lowest BCUT2D eigenvalue weighted by atomic mass is 10.3. The summed E-state index contributed by atoms with van der Waals surface area (Å²) in [6, 6.07) is 5.58. The van der Waals surface area contributed by atoms with Gasteiger partial charge in [0.15, 0.2) is 11.6 Å². The van der Waals surface area contributed by atoms with Gasteiger partial charge in [-0.15, -0.1) is 0 Å². The molecule has 0 aromatic heterocycles. The number of ether oxygens (including phenoxy) is 1. The first-order valence-corrected chi connectivity index (χ1v) is 4.63. The summed E-state index contributed by atoms with van der Waals surface area (Å²) in [5.74, 6) is 0.332. The van der Waals surface area contributed by atoms with E-state index < -0.39 is 5.82 Å². The van der Waals surface area contributed by atoms with Crippen molar-refractivity contribution in [2.24, 2.45) is 5.92 Å². The predicted octanol–water partition coefficient (Wildman–Crippen LogP) is 3.07. The Hall–Kier alpha value is -0.760. The van der Waals surface area contributed by atoms with Gasteiger partial charge in [-0.05, 0) is 37.0 Å². The molecule has 0 heterocycles. The molecule has 1 nitrogen and oxygen atoms in total. The van der Waals surface area contributed by atoms with E-state index in [-0.39, 0.29) is 10.8 Å². The Labute approximate surface area is 81.5 Å². The standard InChI is InChI=1S/C10H9ClFO/c11-8-2-1-3-9(10(8)12)13-6-7-4-5-7/h2-3,7H,4-6H2. The van der Waals surface area contributed by atoms with Crippen LogP contribution in [0.3, 0.4) is 0 Å². The van der Waals surface area contributed by atoms with Gasteiger partial charge < -0.3 is 4.74 Å². The maximum absolute atomic E-state index is 13.2. The van der Waals surface area contributed by atoms with Crippen LogP contribution in [0.1, 0.15) is 12.8 Å². The van der Waals surface area contributed by atoms with Gasteiger partial charge in [0.05, 0.1) is 11.6 Å². The average Bonchev–Trinajstić information content (AvgIpc) is 2.91. The molecule has 2 rings (SSSR count). The van der Waals surface area contributed by atoms with Crippen molar-refractivity contribution in [1.29, 1.82) is 0 Å². The highest BCUT2D eigenvalue weighted by molar-refractivity contribution is 6.30. The first-order valence-electron chi connectivity index (χ1n) is 4.25. The van der Waals surface area contributed by atoms with E-state index in [1.165, 1.54) is 25.0 Å². The van der Waals surface area contributed by atoms with E-state index in [2.05, 4.69) is 6.07 Å². The molecule has 0 amide bonds. The molecule has 1 aromatic rings. The second kappa shape index (κ2) is 3.54. The zero-order valence-corrected chi connectivity index (χ0v) is 7.77. The second-order valence-corrected chi connectivity index (χ2v) is 3.64. The Balaban J connectivity index is 2.05. The van der Waals surface area contributed by atoms with E-state index in [9.17, 15) is 4.39 Å². The molecule has 13 heavy (non-hydrogen) atoms. The van der Waals surface area contributed by atoms with E-state index in [0.717, 1.165) is 0 Å². The molecule has 3 heteroatoms. The van der Waals surface area contributed by atoms with Gasteiger partial charge in [0.2, 0.25) is 0 Å². The van der Waals surface area contributed by atoms with E-state index in [0.29, 0.717) is 12.5 Å². The largest absolute Gasteiger partial charge is 0.490 e. The molecule has 0 unspecified atom stereocenters. The number of hydrogen-bond acceptors (Lipinski definition) is 1. The third-order valence-corrected chi connectivity index (χ3v) is 2.30. The van der Waals surface area contributed by atoms with Gasteiger partial charge >= 0.3 is 0 Å². The van der Waals surface area contributed by atoms with Crippen LogP contribution in [0.25, 0.3) is 0 Å².